The highest BCUT2D eigenvalue weighted by Gasteiger charge is 2.74. The molecule has 2 saturated carbocycles. The van der Waals surface area contributed by atoms with Gasteiger partial charge >= 0.3 is 5.97 Å². The van der Waals surface area contributed by atoms with Crippen molar-refractivity contribution in [1.82, 2.24) is 0 Å². The number of cyclic esters (lactones) is 1. The van der Waals surface area contributed by atoms with E-state index in [2.05, 4.69) is 0 Å². The van der Waals surface area contributed by atoms with E-state index in [-0.39, 0.29) is 49.5 Å². The second-order valence-corrected chi connectivity index (χ2v) is 7.20. The smallest absolute Gasteiger partial charge is 0.306 e. The summed E-state index contributed by atoms with van der Waals surface area (Å²) < 4.78 is 5.29. The molecule has 0 unspecified atom stereocenters. The van der Waals surface area contributed by atoms with Gasteiger partial charge in [-0.2, -0.15) is 0 Å². The van der Waals surface area contributed by atoms with Gasteiger partial charge in [0.15, 0.2) is 0 Å². The number of Topliss-reactive ketones (excluding diaryl/α,β-unsaturated/α-hetero) is 1. The lowest BCUT2D eigenvalue weighted by Crippen LogP contribution is -2.65. The molecule has 0 aromatic heterocycles. The number of carbonyl (C=O) groups excluding carboxylic acids is 2. The third kappa shape index (κ3) is 1.31. The van der Waals surface area contributed by atoms with Gasteiger partial charge < -0.3 is 14.9 Å². The summed E-state index contributed by atoms with van der Waals surface area (Å²) >= 11 is 0. The van der Waals surface area contributed by atoms with Gasteiger partial charge in [-0.1, -0.05) is 20.8 Å². The first-order valence-corrected chi connectivity index (χ1v) is 7.27. The molecule has 2 aliphatic carbocycles. The van der Waals surface area contributed by atoms with Gasteiger partial charge in [-0.15, -0.1) is 0 Å². The van der Waals surface area contributed by atoms with Crippen molar-refractivity contribution in [2.75, 3.05) is 6.61 Å². The lowest BCUT2D eigenvalue weighted by Gasteiger charge is -2.57. The quantitative estimate of drug-likeness (QED) is 0.638. The lowest BCUT2D eigenvalue weighted by atomic mass is 9.48. The normalized spacial score (nSPS) is 55.1. The van der Waals surface area contributed by atoms with Gasteiger partial charge in [0.1, 0.15) is 12.4 Å². The largest absolute Gasteiger partial charge is 0.465 e. The number of hydrogen-bond acceptors (Lipinski definition) is 5. The number of hydrogen-bond donors (Lipinski definition) is 2. The average molecular weight is 282 g/mol. The molecule has 3 rings (SSSR count). The summed E-state index contributed by atoms with van der Waals surface area (Å²) in [7, 11) is 0. The molecular formula is C15H22O5. The number of ketones is 1. The molecule has 3 fully saturated rings. The maximum absolute atomic E-state index is 12.4. The van der Waals surface area contributed by atoms with Crippen LogP contribution in [0, 0.1) is 22.7 Å². The Kier molecular flexibility index (Phi) is 2.68. The fourth-order valence-corrected chi connectivity index (χ4v) is 4.87. The molecule has 5 nitrogen and oxygen atoms in total. The predicted molar refractivity (Wildman–Crippen MR) is 69.6 cm³/mol. The summed E-state index contributed by atoms with van der Waals surface area (Å²) in [5.74, 6) is -1.01. The molecule has 112 valence electrons. The van der Waals surface area contributed by atoms with E-state index >= 15 is 0 Å². The first-order valence-electron chi connectivity index (χ1n) is 7.27. The molecule has 2 bridgehead atoms. The Morgan fingerprint density at radius 2 is 1.90 bits per heavy atom. The van der Waals surface area contributed by atoms with Crippen LogP contribution in [-0.2, 0) is 14.3 Å². The third-order valence-electron chi connectivity index (χ3n) is 6.64. The van der Waals surface area contributed by atoms with E-state index in [1.807, 2.05) is 13.8 Å². The Labute approximate surface area is 118 Å². The molecule has 5 heteroatoms. The van der Waals surface area contributed by atoms with Crippen molar-refractivity contribution in [3.63, 3.8) is 0 Å². The minimum atomic E-state index is -1.24. The number of aliphatic hydroxyl groups excluding tert-OH is 1. The third-order valence-corrected chi connectivity index (χ3v) is 6.64. The van der Waals surface area contributed by atoms with Gasteiger partial charge in [0.05, 0.1) is 18.1 Å². The maximum atomic E-state index is 12.4. The van der Waals surface area contributed by atoms with Crippen LogP contribution in [0.2, 0.25) is 0 Å². The Morgan fingerprint density at radius 1 is 1.25 bits per heavy atom. The SMILES string of the molecule is C[C@@H]1[C@H](O)C[C@@]2(O)[C@]13CC(=O)OC[C@]2(C)[C@H](C)C(=O)C3. The predicted octanol–water partition coefficient (Wildman–Crippen LogP) is 0.667. The molecule has 1 aliphatic heterocycles. The van der Waals surface area contributed by atoms with Gasteiger partial charge in [-0.3, -0.25) is 9.59 Å². The summed E-state index contributed by atoms with van der Waals surface area (Å²) in [5.41, 5.74) is -2.96. The summed E-state index contributed by atoms with van der Waals surface area (Å²) in [6.07, 6.45) is -0.328. The van der Waals surface area contributed by atoms with Crippen LogP contribution in [0.5, 0.6) is 0 Å². The molecule has 0 amide bonds. The Hall–Kier alpha value is -0.940. The van der Waals surface area contributed by atoms with Crippen molar-refractivity contribution < 1.29 is 24.5 Å². The zero-order valence-corrected chi connectivity index (χ0v) is 12.2. The van der Waals surface area contributed by atoms with E-state index in [9.17, 15) is 19.8 Å². The van der Waals surface area contributed by atoms with Crippen molar-refractivity contribution in [2.45, 2.75) is 51.7 Å². The zero-order valence-electron chi connectivity index (χ0n) is 12.2. The summed E-state index contributed by atoms with van der Waals surface area (Å²) in [6, 6.07) is 0. The second kappa shape index (κ2) is 3.83. The van der Waals surface area contributed by atoms with Crippen molar-refractivity contribution in [3.8, 4) is 0 Å². The van der Waals surface area contributed by atoms with Crippen LogP contribution in [0.15, 0.2) is 0 Å². The van der Waals surface area contributed by atoms with E-state index in [0.29, 0.717) is 0 Å². The molecule has 1 heterocycles. The summed E-state index contributed by atoms with van der Waals surface area (Å²) in [5, 5.41) is 21.7. The topological polar surface area (TPSA) is 83.8 Å². The number of esters is 1. The first-order chi connectivity index (χ1) is 9.18. The number of ether oxygens (including phenoxy) is 1. The van der Waals surface area contributed by atoms with Gasteiger partial charge in [0, 0.05) is 29.6 Å². The van der Waals surface area contributed by atoms with Crippen LogP contribution in [0.3, 0.4) is 0 Å². The first kappa shape index (κ1) is 14.0. The number of rotatable bonds is 0. The van der Waals surface area contributed by atoms with Crippen LogP contribution in [-0.4, -0.2) is 40.3 Å². The number of carbonyl (C=O) groups is 2. The van der Waals surface area contributed by atoms with Crippen molar-refractivity contribution in [1.29, 1.82) is 0 Å². The molecule has 2 N–H and O–H groups in total. The highest BCUT2D eigenvalue weighted by atomic mass is 16.5. The molecule has 3 aliphatic rings. The summed E-state index contributed by atoms with van der Waals surface area (Å²) in [6.45, 7) is 5.47. The molecule has 0 spiro atoms. The van der Waals surface area contributed by atoms with E-state index in [0.717, 1.165) is 0 Å². The molecule has 0 aromatic rings. The molecule has 20 heavy (non-hydrogen) atoms. The van der Waals surface area contributed by atoms with Crippen LogP contribution >= 0.6 is 0 Å². The molecular weight excluding hydrogens is 260 g/mol. The van der Waals surface area contributed by atoms with Crippen LogP contribution in [0.25, 0.3) is 0 Å². The maximum Gasteiger partial charge on any atom is 0.306 e. The lowest BCUT2D eigenvalue weighted by molar-refractivity contribution is -0.206. The Balaban J connectivity index is 2.25. The van der Waals surface area contributed by atoms with Gasteiger partial charge in [-0.25, -0.2) is 0 Å². The average Bonchev–Trinajstić information content (AvgIpc) is 2.53. The molecule has 0 aromatic carbocycles. The Bertz CT molecular complexity index is 489. The van der Waals surface area contributed by atoms with Crippen LogP contribution in [0.4, 0.5) is 0 Å². The van der Waals surface area contributed by atoms with E-state index in [4.69, 9.17) is 4.74 Å². The van der Waals surface area contributed by atoms with Crippen molar-refractivity contribution in [2.24, 2.45) is 22.7 Å². The van der Waals surface area contributed by atoms with Crippen LogP contribution < -0.4 is 0 Å². The van der Waals surface area contributed by atoms with E-state index < -0.39 is 22.5 Å². The van der Waals surface area contributed by atoms with Gasteiger partial charge in [0.2, 0.25) is 0 Å². The zero-order chi connectivity index (χ0) is 14.9. The number of aliphatic hydroxyl groups is 2. The molecule has 6 atom stereocenters. The van der Waals surface area contributed by atoms with Crippen molar-refractivity contribution >= 4 is 11.8 Å². The van der Waals surface area contributed by atoms with Gasteiger partial charge in [0.25, 0.3) is 0 Å². The minimum Gasteiger partial charge on any atom is -0.465 e. The highest BCUT2D eigenvalue weighted by Crippen LogP contribution is 2.67. The van der Waals surface area contributed by atoms with E-state index in [1.165, 1.54) is 0 Å². The fraction of sp³-hybridized carbons (Fsp3) is 0.867. The Morgan fingerprint density at radius 3 is 2.55 bits per heavy atom. The summed E-state index contributed by atoms with van der Waals surface area (Å²) in [4.78, 5) is 24.4. The molecule has 1 saturated heterocycles. The minimum absolute atomic E-state index is 0.00970. The highest BCUT2D eigenvalue weighted by molar-refractivity contribution is 5.86. The van der Waals surface area contributed by atoms with Gasteiger partial charge in [-0.05, 0) is 5.92 Å². The fourth-order valence-electron chi connectivity index (χ4n) is 4.87. The standard InChI is InChI=1S/C15H22O5/c1-8-10(16)4-14-6-12(18)20-7-13(8,3)15(14,19)5-11(17)9(14)2/h8-9,11,17,19H,4-7H2,1-3H3/t8-,9-,11-,13-,14-,15+/m1/s1. The van der Waals surface area contributed by atoms with E-state index in [1.54, 1.807) is 6.92 Å². The molecule has 0 radical (unpaired) electrons. The van der Waals surface area contributed by atoms with Crippen molar-refractivity contribution in [3.05, 3.63) is 0 Å². The monoisotopic (exact) mass is 282 g/mol. The second-order valence-electron chi connectivity index (χ2n) is 7.20. The van der Waals surface area contributed by atoms with Crippen LogP contribution in [0.1, 0.15) is 40.0 Å².